The summed E-state index contributed by atoms with van der Waals surface area (Å²) in [4.78, 5) is 15.1. The zero-order valence-electron chi connectivity index (χ0n) is 9.88. The molecule has 1 atom stereocenters. The highest BCUT2D eigenvalue weighted by molar-refractivity contribution is 5.68. The van der Waals surface area contributed by atoms with E-state index in [1.54, 1.807) is 36.1 Å². The van der Waals surface area contributed by atoms with E-state index in [4.69, 9.17) is 5.11 Å². The van der Waals surface area contributed by atoms with E-state index in [9.17, 15) is 9.18 Å². The molecule has 2 rings (SSSR count). The number of halogens is 1. The number of aromatic nitrogens is 2. The van der Waals surface area contributed by atoms with E-state index in [0.29, 0.717) is 5.82 Å². The monoisotopic (exact) mass is 248 g/mol. The Kier molecular flexibility index (Phi) is 3.41. The van der Waals surface area contributed by atoms with Crippen LogP contribution in [0.5, 0.6) is 0 Å². The number of nitrogens with zero attached hydrogens (tertiary/aromatic N) is 2. The lowest BCUT2D eigenvalue weighted by molar-refractivity contribution is -0.137. The quantitative estimate of drug-likeness (QED) is 0.902. The third-order valence-corrected chi connectivity index (χ3v) is 2.82. The Balaban J connectivity index is 2.39. The largest absolute Gasteiger partial charge is 0.481 e. The van der Waals surface area contributed by atoms with Crippen LogP contribution >= 0.6 is 0 Å². The summed E-state index contributed by atoms with van der Waals surface area (Å²) < 4.78 is 14.7. The van der Waals surface area contributed by atoms with E-state index >= 15 is 0 Å². The van der Waals surface area contributed by atoms with Gasteiger partial charge < -0.3 is 9.67 Å². The maximum absolute atomic E-state index is 12.9. The maximum Gasteiger partial charge on any atom is 0.304 e. The molecule has 4 nitrogen and oxygen atoms in total. The lowest BCUT2D eigenvalue weighted by atomic mass is 9.95. The fourth-order valence-electron chi connectivity index (χ4n) is 1.94. The molecule has 0 aliphatic carbocycles. The van der Waals surface area contributed by atoms with Gasteiger partial charge in [0.25, 0.3) is 0 Å². The highest BCUT2D eigenvalue weighted by Gasteiger charge is 2.21. The summed E-state index contributed by atoms with van der Waals surface area (Å²) in [5.41, 5.74) is 0.744. The number of benzene rings is 1. The number of carboxylic acid groups (broad SMARTS) is 1. The molecular formula is C13H13FN2O2. The summed E-state index contributed by atoms with van der Waals surface area (Å²) in [7, 11) is 1.81. The van der Waals surface area contributed by atoms with Gasteiger partial charge >= 0.3 is 5.97 Å². The van der Waals surface area contributed by atoms with Crippen LogP contribution in [0.25, 0.3) is 0 Å². The molecule has 0 saturated heterocycles. The Morgan fingerprint density at radius 1 is 1.44 bits per heavy atom. The molecule has 0 bridgehead atoms. The smallest absolute Gasteiger partial charge is 0.304 e. The van der Waals surface area contributed by atoms with Crippen molar-refractivity contribution in [2.75, 3.05) is 0 Å². The molecule has 0 spiro atoms. The molecule has 1 unspecified atom stereocenters. The number of rotatable bonds is 4. The van der Waals surface area contributed by atoms with Crippen LogP contribution in [0.1, 0.15) is 23.7 Å². The van der Waals surface area contributed by atoms with Crippen molar-refractivity contribution in [1.29, 1.82) is 0 Å². The van der Waals surface area contributed by atoms with Crippen molar-refractivity contribution >= 4 is 5.97 Å². The average molecular weight is 248 g/mol. The molecule has 1 aromatic heterocycles. The minimum absolute atomic E-state index is 0.0729. The molecule has 0 radical (unpaired) electrons. The summed E-state index contributed by atoms with van der Waals surface area (Å²) in [6.07, 6.45) is 3.30. The van der Waals surface area contributed by atoms with Crippen molar-refractivity contribution in [3.63, 3.8) is 0 Å². The fraction of sp³-hybridized carbons (Fsp3) is 0.231. The van der Waals surface area contributed by atoms with Crippen LogP contribution in [0.15, 0.2) is 36.7 Å². The Morgan fingerprint density at radius 2 is 2.11 bits per heavy atom. The molecule has 0 aliphatic rings. The second-order valence-corrected chi connectivity index (χ2v) is 4.10. The SMILES string of the molecule is Cn1ccnc1C(CC(=O)O)c1ccc(F)cc1. The second-order valence-electron chi connectivity index (χ2n) is 4.10. The predicted molar refractivity (Wildman–Crippen MR) is 63.7 cm³/mol. The van der Waals surface area contributed by atoms with Gasteiger partial charge in [0, 0.05) is 19.4 Å². The Labute approximate surface area is 104 Å². The van der Waals surface area contributed by atoms with Gasteiger partial charge in [-0.3, -0.25) is 4.79 Å². The van der Waals surface area contributed by atoms with Gasteiger partial charge in [0.1, 0.15) is 11.6 Å². The normalized spacial score (nSPS) is 12.3. The Hall–Kier alpha value is -2.17. The highest BCUT2D eigenvalue weighted by Crippen LogP contribution is 2.26. The van der Waals surface area contributed by atoms with Crippen LogP contribution in [0, 0.1) is 5.82 Å². The van der Waals surface area contributed by atoms with Crippen molar-refractivity contribution in [2.45, 2.75) is 12.3 Å². The number of hydrogen-bond donors (Lipinski definition) is 1. The molecule has 5 heteroatoms. The molecule has 1 aromatic carbocycles. The molecule has 18 heavy (non-hydrogen) atoms. The van der Waals surface area contributed by atoms with E-state index in [-0.39, 0.29) is 18.2 Å². The van der Waals surface area contributed by atoms with E-state index in [0.717, 1.165) is 5.56 Å². The van der Waals surface area contributed by atoms with E-state index in [1.807, 2.05) is 0 Å². The molecule has 0 amide bonds. The number of carbonyl (C=O) groups is 1. The molecule has 0 fully saturated rings. The molecular weight excluding hydrogens is 235 g/mol. The summed E-state index contributed by atoms with van der Waals surface area (Å²) in [6.45, 7) is 0. The highest BCUT2D eigenvalue weighted by atomic mass is 19.1. The number of imidazole rings is 1. The zero-order valence-corrected chi connectivity index (χ0v) is 9.88. The van der Waals surface area contributed by atoms with Crippen molar-refractivity contribution in [3.8, 4) is 0 Å². The van der Waals surface area contributed by atoms with Crippen LogP contribution in [0.4, 0.5) is 4.39 Å². The van der Waals surface area contributed by atoms with Gasteiger partial charge in [-0.1, -0.05) is 12.1 Å². The molecule has 94 valence electrons. The third kappa shape index (κ3) is 2.56. The number of carboxylic acids is 1. The lowest BCUT2D eigenvalue weighted by Crippen LogP contribution is -2.12. The zero-order chi connectivity index (χ0) is 13.1. The number of aryl methyl sites for hydroxylation is 1. The van der Waals surface area contributed by atoms with E-state index < -0.39 is 5.97 Å². The van der Waals surface area contributed by atoms with Crippen LogP contribution in [-0.2, 0) is 11.8 Å². The van der Waals surface area contributed by atoms with Crippen molar-refractivity contribution < 1.29 is 14.3 Å². The van der Waals surface area contributed by atoms with Gasteiger partial charge in [0.2, 0.25) is 0 Å². The van der Waals surface area contributed by atoms with Crippen molar-refractivity contribution in [3.05, 3.63) is 53.9 Å². The lowest BCUT2D eigenvalue weighted by Gasteiger charge is -2.15. The minimum atomic E-state index is -0.910. The van der Waals surface area contributed by atoms with E-state index in [2.05, 4.69) is 4.98 Å². The summed E-state index contributed by atoms with van der Waals surface area (Å²) in [6, 6.07) is 5.84. The Morgan fingerprint density at radius 3 is 2.61 bits per heavy atom. The van der Waals surface area contributed by atoms with Crippen LogP contribution < -0.4 is 0 Å². The molecule has 0 saturated carbocycles. The summed E-state index contributed by atoms with van der Waals surface area (Å²) >= 11 is 0. The van der Waals surface area contributed by atoms with Gasteiger partial charge in [-0.05, 0) is 17.7 Å². The van der Waals surface area contributed by atoms with Gasteiger partial charge in [-0.25, -0.2) is 9.37 Å². The van der Waals surface area contributed by atoms with Crippen LogP contribution in [0.2, 0.25) is 0 Å². The average Bonchev–Trinajstić information content (AvgIpc) is 2.73. The van der Waals surface area contributed by atoms with Gasteiger partial charge in [0.15, 0.2) is 0 Å². The standard InChI is InChI=1S/C13H13FN2O2/c1-16-7-6-15-13(16)11(8-12(17)18)9-2-4-10(14)5-3-9/h2-7,11H,8H2,1H3,(H,17,18). The maximum atomic E-state index is 12.9. The first-order valence-electron chi connectivity index (χ1n) is 5.52. The first-order chi connectivity index (χ1) is 8.58. The Bertz CT molecular complexity index is 548. The van der Waals surface area contributed by atoms with Gasteiger partial charge in [-0.15, -0.1) is 0 Å². The summed E-state index contributed by atoms with van der Waals surface area (Å²) in [5, 5.41) is 8.98. The first-order valence-corrected chi connectivity index (χ1v) is 5.52. The molecule has 1 N–H and O–H groups in total. The summed E-state index contributed by atoms with van der Waals surface area (Å²) in [5.74, 6) is -0.966. The van der Waals surface area contributed by atoms with E-state index in [1.165, 1.54) is 12.1 Å². The number of aliphatic carboxylic acids is 1. The molecule has 1 heterocycles. The van der Waals surface area contributed by atoms with Gasteiger partial charge in [-0.2, -0.15) is 0 Å². The number of hydrogen-bond acceptors (Lipinski definition) is 2. The molecule has 2 aromatic rings. The van der Waals surface area contributed by atoms with Crippen LogP contribution in [-0.4, -0.2) is 20.6 Å². The molecule has 0 aliphatic heterocycles. The predicted octanol–water partition coefficient (Wildman–Crippen LogP) is 2.17. The minimum Gasteiger partial charge on any atom is -0.481 e. The third-order valence-electron chi connectivity index (χ3n) is 2.82. The van der Waals surface area contributed by atoms with Gasteiger partial charge in [0.05, 0.1) is 12.3 Å². The van der Waals surface area contributed by atoms with Crippen molar-refractivity contribution in [2.24, 2.45) is 7.05 Å². The second kappa shape index (κ2) is 5.00. The van der Waals surface area contributed by atoms with Crippen molar-refractivity contribution in [1.82, 2.24) is 9.55 Å². The topological polar surface area (TPSA) is 55.1 Å². The first kappa shape index (κ1) is 12.3. The van der Waals surface area contributed by atoms with Crippen LogP contribution in [0.3, 0.4) is 0 Å². The fourth-order valence-corrected chi connectivity index (χ4v) is 1.94.